The van der Waals surface area contributed by atoms with Gasteiger partial charge in [-0.1, -0.05) is 78.4 Å². The largest absolute Gasteiger partial charge is 0.384 e. The summed E-state index contributed by atoms with van der Waals surface area (Å²) in [4.78, 5) is 79.0. The van der Waals surface area contributed by atoms with Gasteiger partial charge in [-0.2, -0.15) is 0 Å². The first-order valence-electron chi connectivity index (χ1n) is 45.1. The molecule has 6 aromatic carbocycles. The summed E-state index contributed by atoms with van der Waals surface area (Å²) in [5.74, 6) is 0.776. The Kier molecular flexibility index (Phi) is 26.7. The maximum Gasteiger partial charge on any atom is 0.126 e. The lowest BCUT2D eigenvalue weighted by molar-refractivity contribution is 0.618. The fourth-order valence-corrected chi connectivity index (χ4v) is 16.4. The van der Waals surface area contributed by atoms with E-state index < -0.39 is 0 Å². The molecule has 0 aliphatic heterocycles. The van der Waals surface area contributed by atoms with Crippen molar-refractivity contribution >= 4 is 60.3 Å². The van der Waals surface area contributed by atoms with Gasteiger partial charge in [-0.25, -0.2) is 33.7 Å². The highest BCUT2D eigenvalue weighted by molar-refractivity contribution is 5.92. The lowest BCUT2D eigenvalue weighted by Crippen LogP contribution is -1.93. The molecule has 24 rings (SSSR count). The van der Waals surface area contributed by atoms with Crippen LogP contribution in [0.4, 0.5) is 14.6 Å². The average molecular weight is 1800 g/mol. The molecule has 1 saturated carbocycles. The summed E-state index contributed by atoms with van der Waals surface area (Å²) < 4.78 is 27.0. The molecule has 1 aliphatic carbocycles. The highest BCUT2D eigenvalue weighted by atomic mass is 19.1. The van der Waals surface area contributed by atoms with Gasteiger partial charge in [0, 0.05) is 198 Å². The van der Waals surface area contributed by atoms with E-state index in [9.17, 15) is 8.78 Å². The third-order valence-electron chi connectivity index (χ3n) is 23.5. The molecule has 0 atom stereocenters. The minimum Gasteiger partial charge on any atom is -0.384 e. The van der Waals surface area contributed by atoms with Crippen LogP contribution in [0.3, 0.4) is 0 Å². The van der Waals surface area contributed by atoms with Crippen molar-refractivity contribution in [3.8, 4) is 135 Å². The van der Waals surface area contributed by atoms with Crippen molar-refractivity contribution in [3.63, 3.8) is 0 Å². The second-order valence-corrected chi connectivity index (χ2v) is 33.3. The first-order valence-corrected chi connectivity index (χ1v) is 45.1. The molecule has 17 aromatic heterocycles. The Hall–Kier alpha value is -18.1. The number of nitrogens with one attached hydrogen (secondary N) is 1. The number of nitrogens with two attached hydrogens (primary N) is 1. The molecule has 3 N–H and O–H groups in total. The Labute approximate surface area is 795 Å². The lowest BCUT2D eigenvalue weighted by atomic mass is 9.99. The van der Waals surface area contributed by atoms with Crippen LogP contribution in [-0.4, -0.2) is 89.7 Å². The van der Waals surface area contributed by atoms with E-state index >= 15 is 0 Å². The van der Waals surface area contributed by atoms with Crippen molar-refractivity contribution in [2.75, 3.05) is 5.73 Å². The number of anilines is 1. The van der Waals surface area contributed by atoms with E-state index in [1.807, 2.05) is 215 Å². The number of aromatic nitrogens is 18. The molecule has 0 amide bonds. The molecule has 0 radical (unpaired) electrons. The summed E-state index contributed by atoms with van der Waals surface area (Å²) in [6, 6.07) is 99.2. The Morgan fingerprint density at radius 2 is 0.652 bits per heavy atom. The van der Waals surface area contributed by atoms with E-state index in [0.717, 1.165) is 207 Å². The number of hydrogen-bond acceptors (Lipinski definition) is 18. The zero-order valence-electron chi connectivity index (χ0n) is 76.0. The molecule has 0 unspecified atom stereocenters. The van der Waals surface area contributed by atoms with E-state index in [4.69, 9.17) is 20.7 Å². The Morgan fingerprint density at radius 1 is 0.268 bits per heavy atom. The first-order chi connectivity index (χ1) is 67.7. The van der Waals surface area contributed by atoms with Crippen LogP contribution in [0.2, 0.25) is 0 Å². The number of halogens is 2. The molecular weight excluding hydrogens is 1710 g/mol. The molecule has 1 aliphatic rings. The normalized spacial score (nSPS) is 11.4. The van der Waals surface area contributed by atoms with Crippen LogP contribution in [0.5, 0.6) is 0 Å². The predicted molar refractivity (Wildman–Crippen MR) is 548 cm³/mol. The van der Waals surface area contributed by atoms with Gasteiger partial charge in [-0.15, -0.1) is 0 Å². The van der Waals surface area contributed by atoms with Crippen molar-refractivity contribution in [2.24, 2.45) is 0 Å². The monoisotopic (exact) mass is 1800 g/mol. The lowest BCUT2D eigenvalue weighted by Gasteiger charge is -2.10. The summed E-state index contributed by atoms with van der Waals surface area (Å²) in [6.45, 7) is 9.58. The molecule has 23 aromatic rings. The van der Waals surface area contributed by atoms with Crippen molar-refractivity contribution in [2.45, 2.75) is 53.4 Å². The second-order valence-electron chi connectivity index (χ2n) is 33.3. The summed E-state index contributed by atoms with van der Waals surface area (Å²) in [7, 11) is 0. The number of pyridine rings is 16. The fourth-order valence-electron chi connectivity index (χ4n) is 16.4. The zero-order valence-corrected chi connectivity index (χ0v) is 76.0. The smallest absolute Gasteiger partial charge is 0.126 e. The number of fused-ring (bicyclic) bond motifs is 5. The minimum atomic E-state index is -0.217. The van der Waals surface area contributed by atoms with E-state index in [0.29, 0.717) is 16.9 Å². The van der Waals surface area contributed by atoms with Gasteiger partial charge in [-0.05, 0) is 306 Å². The molecule has 666 valence electrons. The second kappa shape index (κ2) is 41.4. The fraction of sp³-hybridized carbons (Fsp3) is 0.0684. The average Bonchev–Trinajstić information content (AvgIpc) is 1.48. The maximum absolute atomic E-state index is 13.6. The third-order valence-corrected chi connectivity index (χ3v) is 23.5. The molecular formula is C117H89F2N19. The van der Waals surface area contributed by atoms with Crippen molar-refractivity contribution < 1.29 is 8.78 Å². The minimum absolute atomic E-state index is 0.215. The van der Waals surface area contributed by atoms with Gasteiger partial charge >= 0.3 is 0 Å². The number of aromatic amines is 1. The van der Waals surface area contributed by atoms with Crippen LogP contribution in [0.25, 0.3) is 189 Å². The number of nitrogens with zero attached hydrogens (tertiary/aromatic N) is 17. The summed E-state index contributed by atoms with van der Waals surface area (Å²) >= 11 is 0. The molecule has 21 heteroatoms. The quantitative estimate of drug-likeness (QED) is 0.109. The zero-order chi connectivity index (χ0) is 94.2. The van der Waals surface area contributed by atoms with Crippen LogP contribution >= 0.6 is 0 Å². The van der Waals surface area contributed by atoms with Crippen molar-refractivity contribution in [1.29, 1.82) is 0 Å². The topological polar surface area (TPSA) is 261 Å². The van der Waals surface area contributed by atoms with E-state index in [1.165, 1.54) is 36.1 Å². The maximum atomic E-state index is 13.6. The van der Waals surface area contributed by atoms with Gasteiger partial charge in [0.25, 0.3) is 0 Å². The standard InChI is InChI=1S/C22H17N3.C20H14FN3.2C20H15N3.C18H14N4.C17H14FN3/c1-3-16(15-6-7-15)13-17(4-1)22-19(5-2-11-24-22)21-9-8-18-14-23-12-10-20(18)25-21;1-13-11-14(4-6-17(13)21)20-16(3-2-9-23-20)19-7-5-15-12-22-10-8-18(15)24-19;1-14-4-2-6-19(23-14)18-5-3-10-22-20(18)16-7-8-17-13-21-11-9-15(17)12-16;1-14-4-2-5-15(12-14)20-17(6-3-10-22-20)19-8-7-16-13-21-11-9-18(16)23-19;1-12-4-2-6-15(22-12)14-5-3-9-19-18(14)13-7-8-16-17(10-13)21-11-20-16;1-11-9-12(4-6-15(11)18)17-14(3-2-8-20-17)13-5-7-16(19)21-10-13/h1-5,8-15H,6-7H2;2-12H,1H3;2*2-13H,1H3;2-11H,1H3,(H,20,21);2-10H,1H3,(H2,19,21). The molecule has 138 heavy (non-hydrogen) atoms. The summed E-state index contributed by atoms with van der Waals surface area (Å²) in [6.07, 6.45) is 31.2. The van der Waals surface area contributed by atoms with Gasteiger partial charge in [-0.3, -0.25) is 59.8 Å². The van der Waals surface area contributed by atoms with Gasteiger partial charge in [0.2, 0.25) is 0 Å². The molecule has 1 fully saturated rings. The number of benzene rings is 6. The first kappa shape index (κ1) is 89.1. The number of imidazole rings is 1. The summed E-state index contributed by atoms with van der Waals surface area (Å²) in [5, 5.41) is 5.36. The molecule has 0 bridgehead atoms. The highest BCUT2D eigenvalue weighted by Gasteiger charge is 2.25. The summed E-state index contributed by atoms with van der Waals surface area (Å²) in [5.41, 5.74) is 39.3. The number of aryl methyl sites for hydroxylation is 5. The van der Waals surface area contributed by atoms with Crippen LogP contribution in [0, 0.1) is 46.3 Å². The van der Waals surface area contributed by atoms with Crippen molar-refractivity contribution in [3.05, 3.63) is 448 Å². The van der Waals surface area contributed by atoms with Gasteiger partial charge in [0.05, 0.1) is 96.5 Å². The number of rotatable bonds is 13. The van der Waals surface area contributed by atoms with Crippen LogP contribution < -0.4 is 5.73 Å². The Balaban J connectivity index is 0.000000106. The molecule has 19 nitrogen and oxygen atoms in total. The predicted octanol–water partition coefficient (Wildman–Crippen LogP) is 27.2. The number of nitrogen functional groups attached to an aromatic ring is 1. The SMILES string of the molecule is Cc1cc(-c2ncccc2-c2ccc(N)nc2)ccc1F.Cc1cc(-c2ncccc2-c2ccc3cnccc3n2)ccc1F.Cc1cccc(-c2cccnc2-c2ccc3cnccc3c2)n1.Cc1cccc(-c2cccnc2-c2ccc3nc[nH]c3c2)n1.Cc1cccc(-c2ncccc2-c2ccc3cnccc3n2)c1.c1cc(-c2ncccc2-c2ccc3cnccc3n2)cc(C2CC2)c1. The molecule has 0 saturated heterocycles. The molecule has 17 heterocycles. The molecule has 0 spiro atoms. The van der Waals surface area contributed by atoms with Crippen molar-refractivity contribution in [1.82, 2.24) is 89.7 Å². The van der Waals surface area contributed by atoms with E-state index in [1.54, 1.807) is 87.8 Å². The van der Waals surface area contributed by atoms with Crippen LogP contribution in [0.1, 0.15) is 52.4 Å². The van der Waals surface area contributed by atoms with Crippen LogP contribution in [0.15, 0.2) is 403 Å². The van der Waals surface area contributed by atoms with Gasteiger partial charge < -0.3 is 10.7 Å². The number of H-pyrrole nitrogens is 1. The van der Waals surface area contributed by atoms with Gasteiger partial charge in [0.1, 0.15) is 17.5 Å². The van der Waals surface area contributed by atoms with E-state index in [2.05, 4.69) is 197 Å². The highest BCUT2D eigenvalue weighted by Crippen LogP contribution is 2.43. The van der Waals surface area contributed by atoms with Gasteiger partial charge in [0.15, 0.2) is 0 Å². The third kappa shape index (κ3) is 20.9. The Bertz CT molecular complexity index is 8170. The Morgan fingerprint density at radius 3 is 1.10 bits per heavy atom. The van der Waals surface area contributed by atoms with E-state index in [-0.39, 0.29) is 11.6 Å². The number of hydrogen-bond donors (Lipinski definition) is 2. The van der Waals surface area contributed by atoms with Crippen LogP contribution in [-0.2, 0) is 0 Å².